The summed E-state index contributed by atoms with van der Waals surface area (Å²) in [4.78, 5) is -0.0244. The number of sulfonamides is 1. The van der Waals surface area contributed by atoms with Gasteiger partial charge in [-0.15, -0.1) is 0 Å². The summed E-state index contributed by atoms with van der Waals surface area (Å²) in [6.45, 7) is 0.989. The standard InChI is InChI=1S/C16H16BrNO5S2/c17-13-4-3-5-14(12-13)23-25(21,22)16-8-6-15(7-9-16)24(19,20)18-10-1-2-11-18/h3-9,12H,1-2,10-11H2. The van der Waals surface area contributed by atoms with Crippen LogP contribution in [-0.2, 0) is 20.1 Å². The molecule has 0 unspecified atom stereocenters. The molecule has 1 saturated heterocycles. The van der Waals surface area contributed by atoms with Crippen LogP contribution < -0.4 is 4.18 Å². The molecule has 6 nitrogen and oxygen atoms in total. The Morgan fingerprint density at radius 1 is 0.880 bits per heavy atom. The minimum Gasteiger partial charge on any atom is -0.379 e. The summed E-state index contributed by atoms with van der Waals surface area (Å²) in [6, 6.07) is 11.5. The van der Waals surface area contributed by atoms with Crippen molar-refractivity contribution in [2.75, 3.05) is 13.1 Å². The van der Waals surface area contributed by atoms with E-state index in [9.17, 15) is 16.8 Å². The van der Waals surface area contributed by atoms with Crippen LogP contribution in [0.25, 0.3) is 0 Å². The summed E-state index contributed by atoms with van der Waals surface area (Å²) >= 11 is 3.24. The molecule has 134 valence electrons. The van der Waals surface area contributed by atoms with Crippen molar-refractivity contribution >= 4 is 36.1 Å². The largest absolute Gasteiger partial charge is 0.379 e. The van der Waals surface area contributed by atoms with Gasteiger partial charge in [0, 0.05) is 17.6 Å². The van der Waals surface area contributed by atoms with Gasteiger partial charge < -0.3 is 4.18 Å². The van der Waals surface area contributed by atoms with E-state index < -0.39 is 20.1 Å². The van der Waals surface area contributed by atoms with Crippen LogP contribution in [0.15, 0.2) is 62.8 Å². The average molecular weight is 446 g/mol. The number of halogens is 1. The molecule has 0 bridgehead atoms. The summed E-state index contributed by atoms with van der Waals surface area (Å²) < 4.78 is 56.8. The van der Waals surface area contributed by atoms with Gasteiger partial charge in [0.15, 0.2) is 0 Å². The zero-order chi connectivity index (χ0) is 18.1. The molecule has 25 heavy (non-hydrogen) atoms. The maximum absolute atomic E-state index is 12.5. The molecule has 0 aromatic heterocycles. The van der Waals surface area contributed by atoms with Crippen LogP contribution in [0.1, 0.15) is 12.8 Å². The first-order valence-corrected chi connectivity index (χ1v) is 11.2. The molecule has 2 aromatic carbocycles. The highest BCUT2D eigenvalue weighted by Gasteiger charge is 2.27. The van der Waals surface area contributed by atoms with E-state index in [1.807, 2.05) is 0 Å². The fraction of sp³-hybridized carbons (Fsp3) is 0.250. The second-order valence-electron chi connectivity index (χ2n) is 5.58. The van der Waals surface area contributed by atoms with E-state index in [0.717, 1.165) is 12.8 Å². The van der Waals surface area contributed by atoms with Gasteiger partial charge in [0.2, 0.25) is 10.0 Å². The van der Waals surface area contributed by atoms with Gasteiger partial charge in [-0.1, -0.05) is 22.0 Å². The van der Waals surface area contributed by atoms with Crippen molar-refractivity contribution in [1.29, 1.82) is 0 Å². The van der Waals surface area contributed by atoms with E-state index in [0.29, 0.717) is 17.6 Å². The van der Waals surface area contributed by atoms with Crippen molar-refractivity contribution < 1.29 is 21.0 Å². The first kappa shape index (κ1) is 18.4. The quantitative estimate of drug-likeness (QED) is 0.660. The van der Waals surface area contributed by atoms with Gasteiger partial charge in [-0.3, -0.25) is 0 Å². The van der Waals surface area contributed by atoms with Gasteiger partial charge in [-0.2, -0.15) is 12.7 Å². The number of nitrogens with zero attached hydrogens (tertiary/aromatic N) is 1. The van der Waals surface area contributed by atoms with E-state index in [1.165, 1.54) is 40.7 Å². The predicted octanol–water partition coefficient (Wildman–Crippen LogP) is 3.00. The first-order valence-electron chi connectivity index (χ1n) is 7.59. The van der Waals surface area contributed by atoms with Gasteiger partial charge in [0.05, 0.1) is 4.90 Å². The highest BCUT2D eigenvalue weighted by atomic mass is 79.9. The van der Waals surface area contributed by atoms with E-state index in [4.69, 9.17) is 4.18 Å². The molecular formula is C16H16BrNO5S2. The zero-order valence-corrected chi connectivity index (χ0v) is 16.3. The van der Waals surface area contributed by atoms with Gasteiger partial charge in [-0.25, -0.2) is 8.42 Å². The molecule has 0 saturated carbocycles. The lowest BCUT2D eigenvalue weighted by atomic mass is 10.3. The lowest BCUT2D eigenvalue weighted by Gasteiger charge is -2.15. The Kier molecular flexibility index (Phi) is 5.19. The number of benzene rings is 2. The summed E-state index contributed by atoms with van der Waals surface area (Å²) in [5.41, 5.74) is 0. The highest BCUT2D eigenvalue weighted by Crippen LogP contribution is 2.25. The molecule has 0 radical (unpaired) electrons. The minimum atomic E-state index is -4.04. The summed E-state index contributed by atoms with van der Waals surface area (Å²) in [5, 5.41) is 0. The molecular weight excluding hydrogens is 430 g/mol. The van der Waals surface area contributed by atoms with Crippen LogP contribution in [-0.4, -0.2) is 34.2 Å². The third kappa shape index (κ3) is 4.05. The van der Waals surface area contributed by atoms with Gasteiger partial charge >= 0.3 is 10.1 Å². The zero-order valence-electron chi connectivity index (χ0n) is 13.1. The van der Waals surface area contributed by atoms with Crippen LogP contribution in [0.3, 0.4) is 0 Å². The van der Waals surface area contributed by atoms with E-state index >= 15 is 0 Å². The van der Waals surface area contributed by atoms with Gasteiger partial charge in [0.1, 0.15) is 10.6 Å². The monoisotopic (exact) mass is 445 g/mol. The Labute approximate surface area is 155 Å². The molecule has 1 aliphatic heterocycles. The van der Waals surface area contributed by atoms with E-state index in [1.54, 1.807) is 12.1 Å². The smallest absolute Gasteiger partial charge is 0.339 e. The number of rotatable bonds is 5. The fourth-order valence-electron chi connectivity index (χ4n) is 2.55. The topological polar surface area (TPSA) is 80.8 Å². The Hall–Kier alpha value is -1.42. The Morgan fingerprint density at radius 2 is 1.48 bits per heavy atom. The third-order valence-corrected chi connectivity index (χ3v) is 7.48. The number of hydrogen-bond acceptors (Lipinski definition) is 5. The molecule has 1 fully saturated rings. The van der Waals surface area contributed by atoms with Crippen molar-refractivity contribution in [1.82, 2.24) is 4.31 Å². The molecule has 9 heteroatoms. The summed E-state index contributed by atoms with van der Waals surface area (Å²) in [7, 11) is -7.61. The van der Waals surface area contributed by atoms with E-state index in [-0.39, 0.29) is 15.5 Å². The van der Waals surface area contributed by atoms with Crippen LogP contribution in [0.5, 0.6) is 5.75 Å². The lowest BCUT2D eigenvalue weighted by molar-refractivity contribution is 0.476. The molecule has 0 aliphatic carbocycles. The second kappa shape index (κ2) is 7.06. The predicted molar refractivity (Wildman–Crippen MR) is 96.4 cm³/mol. The van der Waals surface area contributed by atoms with Gasteiger partial charge in [-0.05, 0) is 55.3 Å². The maximum Gasteiger partial charge on any atom is 0.339 e. The lowest BCUT2D eigenvalue weighted by Crippen LogP contribution is -2.27. The second-order valence-corrected chi connectivity index (χ2v) is 9.98. The average Bonchev–Trinajstić information content (AvgIpc) is 3.10. The summed E-state index contributed by atoms with van der Waals surface area (Å²) in [5.74, 6) is 0.170. The highest BCUT2D eigenvalue weighted by molar-refractivity contribution is 9.10. The Balaban J connectivity index is 1.84. The van der Waals surface area contributed by atoms with Crippen LogP contribution in [0.2, 0.25) is 0 Å². The number of hydrogen-bond donors (Lipinski definition) is 0. The maximum atomic E-state index is 12.5. The third-order valence-electron chi connectivity index (χ3n) is 3.82. The van der Waals surface area contributed by atoms with Crippen molar-refractivity contribution in [2.45, 2.75) is 22.6 Å². The first-order chi connectivity index (χ1) is 11.8. The molecule has 3 rings (SSSR count). The van der Waals surface area contributed by atoms with Crippen LogP contribution >= 0.6 is 15.9 Å². The minimum absolute atomic E-state index is 0.0794. The molecule has 0 amide bonds. The normalized spacial score (nSPS) is 16.0. The van der Waals surface area contributed by atoms with Gasteiger partial charge in [0.25, 0.3) is 0 Å². The Morgan fingerprint density at radius 3 is 2.08 bits per heavy atom. The summed E-state index contributed by atoms with van der Waals surface area (Å²) in [6.07, 6.45) is 1.68. The van der Waals surface area contributed by atoms with Crippen molar-refractivity contribution in [3.05, 3.63) is 53.0 Å². The SMILES string of the molecule is O=S(=O)(Oc1cccc(Br)c1)c1ccc(S(=O)(=O)N2CCCC2)cc1. The molecule has 0 atom stereocenters. The van der Waals surface area contributed by atoms with Crippen molar-refractivity contribution in [2.24, 2.45) is 0 Å². The Bertz CT molecular complexity index is 966. The van der Waals surface area contributed by atoms with Crippen LogP contribution in [0.4, 0.5) is 0 Å². The fourth-order valence-corrected chi connectivity index (χ4v) is 5.37. The molecule has 0 N–H and O–H groups in total. The molecule has 1 heterocycles. The van der Waals surface area contributed by atoms with Crippen molar-refractivity contribution in [3.8, 4) is 5.75 Å². The molecule has 0 spiro atoms. The molecule has 1 aliphatic rings. The van der Waals surface area contributed by atoms with Crippen molar-refractivity contribution in [3.63, 3.8) is 0 Å². The van der Waals surface area contributed by atoms with Crippen LogP contribution in [0, 0.1) is 0 Å². The van der Waals surface area contributed by atoms with E-state index in [2.05, 4.69) is 15.9 Å². The molecule has 2 aromatic rings.